The van der Waals surface area contributed by atoms with Crippen LogP contribution in [0.25, 0.3) is 11.0 Å². The Labute approximate surface area is 143 Å². The van der Waals surface area contributed by atoms with Crippen LogP contribution in [-0.2, 0) is 6.42 Å². The van der Waals surface area contributed by atoms with Gasteiger partial charge in [-0.3, -0.25) is 14.4 Å². The number of nitrogens with zero attached hydrogens (tertiary/aromatic N) is 1. The Hall–Kier alpha value is -3.08. The average Bonchev–Trinajstić information content (AvgIpc) is 2.63. The van der Waals surface area contributed by atoms with Crippen LogP contribution in [0.2, 0.25) is 0 Å². The standard InChI is InChI=1S/C20H16N2O3/c23-17-11-13(19(25)16-4-2-1-3-15(16)17)6-9-14-8-5-12-7-10-18(24)22-20(12)21-14/h1-5,7-8,10,13H,6,9,11H2,(H,21,22,24). The second kappa shape index (κ2) is 6.09. The Bertz CT molecular complexity index is 1050. The van der Waals surface area contributed by atoms with Crippen molar-refractivity contribution in [2.45, 2.75) is 19.3 Å². The molecule has 0 saturated heterocycles. The Morgan fingerprint density at radius 2 is 1.72 bits per heavy atom. The van der Waals surface area contributed by atoms with Gasteiger partial charge in [-0.2, -0.15) is 0 Å². The molecule has 3 aromatic rings. The van der Waals surface area contributed by atoms with Crippen molar-refractivity contribution in [1.82, 2.24) is 9.97 Å². The summed E-state index contributed by atoms with van der Waals surface area (Å²) in [6, 6.07) is 14.0. The fourth-order valence-electron chi connectivity index (χ4n) is 3.35. The van der Waals surface area contributed by atoms with Crippen LogP contribution in [0.1, 0.15) is 39.3 Å². The van der Waals surface area contributed by atoms with Gasteiger partial charge in [-0.25, -0.2) is 4.98 Å². The van der Waals surface area contributed by atoms with Gasteiger partial charge in [0.2, 0.25) is 5.56 Å². The molecule has 0 aliphatic heterocycles. The summed E-state index contributed by atoms with van der Waals surface area (Å²) in [6.45, 7) is 0. The van der Waals surface area contributed by atoms with E-state index in [0.717, 1.165) is 11.1 Å². The number of aryl methyl sites for hydroxylation is 1. The minimum atomic E-state index is -0.310. The molecule has 1 aromatic carbocycles. The second-order valence-corrected chi connectivity index (χ2v) is 6.34. The average molecular weight is 332 g/mol. The number of carbonyl (C=O) groups is 2. The third kappa shape index (κ3) is 2.89. The lowest BCUT2D eigenvalue weighted by atomic mass is 9.79. The highest BCUT2D eigenvalue weighted by Gasteiger charge is 2.31. The van der Waals surface area contributed by atoms with E-state index in [1.54, 1.807) is 30.3 Å². The number of aromatic amines is 1. The first kappa shape index (κ1) is 15.4. The van der Waals surface area contributed by atoms with E-state index in [9.17, 15) is 14.4 Å². The van der Waals surface area contributed by atoms with Gasteiger partial charge in [0, 0.05) is 40.6 Å². The third-order valence-electron chi connectivity index (χ3n) is 4.68. The molecule has 0 fully saturated rings. The Morgan fingerprint density at radius 3 is 2.56 bits per heavy atom. The van der Waals surface area contributed by atoms with Crippen molar-refractivity contribution in [3.8, 4) is 0 Å². The number of rotatable bonds is 3. The van der Waals surface area contributed by atoms with E-state index in [1.165, 1.54) is 6.07 Å². The SMILES string of the molecule is O=C1CC(CCc2ccc3ccc(=O)[nH]c3n2)C(=O)c2ccccc21. The molecule has 1 aliphatic carbocycles. The molecule has 0 spiro atoms. The molecule has 0 radical (unpaired) electrons. The van der Waals surface area contributed by atoms with E-state index >= 15 is 0 Å². The number of hydrogen-bond donors (Lipinski definition) is 1. The molecule has 1 atom stereocenters. The van der Waals surface area contributed by atoms with Crippen LogP contribution < -0.4 is 5.56 Å². The number of pyridine rings is 2. The van der Waals surface area contributed by atoms with Crippen molar-refractivity contribution in [3.05, 3.63) is 75.7 Å². The summed E-state index contributed by atoms with van der Waals surface area (Å²) < 4.78 is 0. The van der Waals surface area contributed by atoms with Crippen molar-refractivity contribution < 1.29 is 9.59 Å². The predicted octanol–water partition coefficient (Wildman–Crippen LogP) is 2.94. The zero-order chi connectivity index (χ0) is 17.4. The van der Waals surface area contributed by atoms with Gasteiger partial charge in [0.1, 0.15) is 5.65 Å². The Morgan fingerprint density at radius 1 is 0.960 bits per heavy atom. The van der Waals surface area contributed by atoms with E-state index in [0.29, 0.717) is 29.6 Å². The minimum Gasteiger partial charge on any atom is -0.307 e. The molecule has 2 heterocycles. The lowest BCUT2D eigenvalue weighted by molar-refractivity contribution is 0.0817. The van der Waals surface area contributed by atoms with E-state index in [1.807, 2.05) is 12.1 Å². The number of benzene rings is 1. The van der Waals surface area contributed by atoms with Crippen LogP contribution in [0, 0.1) is 5.92 Å². The molecule has 1 aliphatic rings. The van der Waals surface area contributed by atoms with Gasteiger partial charge in [-0.15, -0.1) is 0 Å². The van der Waals surface area contributed by atoms with Gasteiger partial charge in [0.15, 0.2) is 11.6 Å². The number of hydrogen-bond acceptors (Lipinski definition) is 4. The van der Waals surface area contributed by atoms with Gasteiger partial charge >= 0.3 is 0 Å². The Kier molecular flexibility index (Phi) is 3.76. The fourth-order valence-corrected chi connectivity index (χ4v) is 3.35. The molecule has 1 N–H and O–H groups in total. The first-order valence-electron chi connectivity index (χ1n) is 8.27. The smallest absolute Gasteiger partial charge is 0.249 e. The van der Waals surface area contributed by atoms with Crippen molar-refractivity contribution in [3.63, 3.8) is 0 Å². The maximum absolute atomic E-state index is 12.6. The normalized spacial score (nSPS) is 16.9. The molecule has 4 rings (SSSR count). The number of fused-ring (bicyclic) bond motifs is 2. The summed E-state index contributed by atoms with van der Waals surface area (Å²) in [5, 5.41) is 0.862. The summed E-state index contributed by atoms with van der Waals surface area (Å²) in [5.41, 5.74) is 2.21. The van der Waals surface area contributed by atoms with E-state index in [4.69, 9.17) is 0 Å². The monoisotopic (exact) mass is 332 g/mol. The molecule has 0 bridgehead atoms. The molecular weight excluding hydrogens is 316 g/mol. The molecule has 0 saturated carbocycles. The lowest BCUT2D eigenvalue weighted by Gasteiger charge is -2.22. The van der Waals surface area contributed by atoms with Gasteiger partial charge in [0.25, 0.3) is 0 Å². The molecule has 0 amide bonds. The van der Waals surface area contributed by atoms with Gasteiger partial charge < -0.3 is 4.98 Å². The third-order valence-corrected chi connectivity index (χ3v) is 4.68. The van der Waals surface area contributed by atoms with Gasteiger partial charge in [-0.05, 0) is 31.0 Å². The number of carbonyl (C=O) groups excluding carboxylic acids is 2. The quantitative estimate of drug-likeness (QED) is 0.800. The number of Topliss-reactive ketones (excluding diaryl/α,β-unsaturated/α-hetero) is 2. The lowest BCUT2D eigenvalue weighted by Crippen LogP contribution is -2.27. The fraction of sp³-hybridized carbons (Fsp3) is 0.200. The summed E-state index contributed by atoms with van der Waals surface area (Å²) in [6.07, 6.45) is 1.40. The zero-order valence-electron chi connectivity index (χ0n) is 13.5. The number of H-pyrrole nitrogens is 1. The number of ketones is 2. The first-order chi connectivity index (χ1) is 12.1. The molecule has 5 heteroatoms. The summed E-state index contributed by atoms with van der Waals surface area (Å²) >= 11 is 0. The summed E-state index contributed by atoms with van der Waals surface area (Å²) in [5.74, 6) is -0.255. The van der Waals surface area contributed by atoms with E-state index in [2.05, 4.69) is 9.97 Å². The van der Waals surface area contributed by atoms with Crippen LogP contribution in [0.5, 0.6) is 0 Å². The van der Waals surface area contributed by atoms with Crippen LogP contribution in [0.15, 0.2) is 53.3 Å². The molecular formula is C20H16N2O3. The summed E-state index contributed by atoms with van der Waals surface area (Å²) in [4.78, 5) is 43.5. The predicted molar refractivity (Wildman–Crippen MR) is 93.9 cm³/mol. The van der Waals surface area contributed by atoms with Crippen LogP contribution >= 0.6 is 0 Å². The summed E-state index contributed by atoms with van der Waals surface area (Å²) in [7, 11) is 0. The Balaban J connectivity index is 1.55. The maximum Gasteiger partial charge on any atom is 0.249 e. The highest BCUT2D eigenvalue weighted by Crippen LogP contribution is 2.28. The van der Waals surface area contributed by atoms with Crippen molar-refractivity contribution in [1.29, 1.82) is 0 Å². The van der Waals surface area contributed by atoms with Crippen molar-refractivity contribution in [2.24, 2.45) is 5.92 Å². The molecule has 124 valence electrons. The maximum atomic E-state index is 12.6. The van der Waals surface area contributed by atoms with Crippen molar-refractivity contribution in [2.75, 3.05) is 0 Å². The van der Waals surface area contributed by atoms with Gasteiger partial charge in [0.05, 0.1) is 0 Å². The molecule has 1 unspecified atom stereocenters. The number of aromatic nitrogens is 2. The van der Waals surface area contributed by atoms with Crippen LogP contribution in [-0.4, -0.2) is 21.5 Å². The van der Waals surface area contributed by atoms with Gasteiger partial charge in [-0.1, -0.05) is 24.3 Å². The van der Waals surface area contributed by atoms with Crippen LogP contribution in [0.3, 0.4) is 0 Å². The zero-order valence-corrected chi connectivity index (χ0v) is 13.5. The van der Waals surface area contributed by atoms with Crippen LogP contribution in [0.4, 0.5) is 0 Å². The molecule has 2 aromatic heterocycles. The highest BCUT2D eigenvalue weighted by molar-refractivity contribution is 6.14. The highest BCUT2D eigenvalue weighted by atomic mass is 16.1. The second-order valence-electron chi connectivity index (χ2n) is 6.34. The van der Waals surface area contributed by atoms with E-state index < -0.39 is 0 Å². The van der Waals surface area contributed by atoms with Crippen molar-refractivity contribution >= 4 is 22.6 Å². The minimum absolute atomic E-state index is 0.0241. The molecule has 5 nitrogen and oxygen atoms in total. The number of nitrogens with one attached hydrogen (secondary N) is 1. The first-order valence-corrected chi connectivity index (χ1v) is 8.27. The molecule has 25 heavy (non-hydrogen) atoms. The largest absolute Gasteiger partial charge is 0.307 e. The van der Waals surface area contributed by atoms with E-state index in [-0.39, 0.29) is 29.5 Å². The topological polar surface area (TPSA) is 79.9 Å².